The Kier molecular flexibility index (Phi) is 7.65. The van der Waals surface area contributed by atoms with Crippen molar-refractivity contribution in [3.8, 4) is 0 Å². The number of likely N-dealkylation sites (tertiary alicyclic amines) is 1. The second kappa shape index (κ2) is 10.3. The summed E-state index contributed by atoms with van der Waals surface area (Å²) in [5.41, 5.74) is 0.484. The van der Waals surface area contributed by atoms with E-state index in [-0.39, 0.29) is 5.13 Å². The maximum absolute atomic E-state index is 14.6. The molecule has 2 saturated heterocycles. The van der Waals surface area contributed by atoms with E-state index in [0.717, 1.165) is 50.7 Å². The molecule has 2 aromatic rings. The summed E-state index contributed by atoms with van der Waals surface area (Å²) < 4.78 is 55.1. The lowest BCUT2D eigenvalue weighted by atomic mass is 9.94. The second-order valence-electron chi connectivity index (χ2n) is 8.19. The Morgan fingerprint density at radius 1 is 1.28 bits per heavy atom. The molecule has 0 saturated carbocycles. The summed E-state index contributed by atoms with van der Waals surface area (Å²) >= 11 is 3.84. The number of anilines is 2. The van der Waals surface area contributed by atoms with Crippen molar-refractivity contribution in [2.45, 2.75) is 36.6 Å². The molecule has 176 valence electrons. The lowest BCUT2D eigenvalue weighted by Crippen LogP contribution is -2.40. The van der Waals surface area contributed by atoms with Crippen molar-refractivity contribution in [3.63, 3.8) is 0 Å². The molecule has 2 aliphatic rings. The highest BCUT2D eigenvalue weighted by Gasteiger charge is 2.33. The molecule has 3 heterocycles. The minimum absolute atomic E-state index is 0.159. The summed E-state index contributed by atoms with van der Waals surface area (Å²) in [7, 11) is -4.23. The van der Waals surface area contributed by atoms with Crippen LogP contribution in [0.15, 0.2) is 27.7 Å². The van der Waals surface area contributed by atoms with Gasteiger partial charge in [0.25, 0.3) is 10.0 Å². The van der Waals surface area contributed by atoms with Gasteiger partial charge in [0.1, 0.15) is 10.7 Å². The SMILES string of the molecule is O=S(=O)(Nc1ncc(F)s1)c1cc(Br)c(NCCCCN2C[C@H]3CCCN[C@H]3C2)cc1F. The van der Waals surface area contributed by atoms with E-state index in [9.17, 15) is 17.2 Å². The minimum atomic E-state index is -4.23. The Balaban J connectivity index is 1.27. The number of nitrogens with zero attached hydrogens (tertiary/aromatic N) is 2. The predicted octanol–water partition coefficient (Wildman–Crippen LogP) is 3.86. The van der Waals surface area contributed by atoms with Crippen molar-refractivity contribution in [2.24, 2.45) is 5.92 Å². The number of sulfonamides is 1. The van der Waals surface area contributed by atoms with Crippen LogP contribution in [0.2, 0.25) is 0 Å². The van der Waals surface area contributed by atoms with Crippen molar-refractivity contribution >= 4 is 48.1 Å². The van der Waals surface area contributed by atoms with E-state index in [2.05, 4.69) is 41.2 Å². The van der Waals surface area contributed by atoms with Crippen LogP contribution in [-0.4, -0.2) is 57.1 Å². The standard InChI is InChI=1S/C20H26BrF2N5O2S2/c21-14-8-18(32(29,30)27-20-26-10-19(23)31-20)15(22)9-16(14)24-5-1-2-7-28-11-13-4-3-6-25-17(13)12-28/h8-10,13,17,24-25H,1-7,11-12H2,(H,26,27)/t13-,17+/m1/s1. The Morgan fingerprint density at radius 2 is 2.12 bits per heavy atom. The minimum Gasteiger partial charge on any atom is -0.384 e. The molecular weight excluding hydrogens is 524 g/mol. The number of rotatable bonds is 9. The molecule has 2 atom stereocenters. The van der Waals surface area contributed by atoms with Gasteiger partial charge in [-0.15, -0.1) is 0 Å². The highest BCUT2D eigenvalue weighted by atomic mass is 79.9. The second-order valence-corrected chi connectivity index (χ2v) is 11.7. The molecule has 0 bridgehead atoms. The third-order valence-corrected chi connectivity index (χ3v) is 8.74. The summed E-state index contributed by atoms with van der Waals surface area (Å²) in [4.78, 5) is 5.59. The molecule has 2 aliphatic heterocycles. The Labute approximate surface area is 199 Å². The number of benzene rings is 1. The first-order valence-electron chi connectivity index (χ1n) is 10.6. The normalized spacial score (nSPS) is 21.5. The largest absolute Gasteiger partial charge is 0.384 e. The average molecular weight is 550 g/mol. The highest BCUT2D eigenvalue weighted by Crippen LogP contribution is 2.30. The van der Waals surface area contributed by atoms with E-state index in [1.165, 1.54) is 25.5 Å². The van der Waals surface area contributed by atoms with Crippen LogP contribution < -0.4 is 15.4 Å². The van der Waals surface area contributed by atoms with Gasteiger partial charge in [-0.1, -0.05) is 11.3 Å². The van der Waals surface area contributed by atoms with E-state index in [1.54, 1.807) is 0 Å². The molecule has 3 N–H and O–H groups in total. The summed E-state index contributed by atoms with van der Waals surface area (Å²) in [6.07, 6.45) is 5.44. The van der Waals surface area contributed by atoms with Crippen LogP contribution >= 0.6 is 27.3 Å². The number of halogens is 3. The highest BCUT2D eigenvalue weighted by molar-refractivity contribution is 9.10. The van der Waals surface area contributed by atoms with Gasteiger partial charge in [-0.05, 0) is 72.8 Å². The lowest BCUT2D eigenvalue weighted by molar-refractivity contribution is 0.314. The molecule has 0 amide bonds. The lowest BCUT2D eigenvalue weighted by Gasteiger charge is -2.24. The molecule has 7 nitrogen and oxygen atoms in total. The molecule has 1 aromatic carbocycles. The van der Waals surface area contributed by atoms with Gasteiger partial charge in [0.2, 0.25) is 0 Å². The zero-order chi connectivity index (χ0) is 22.7. The molecule has 2 fully saturated rings. The van der Waals surface area contributed by atoms with E-state index < -0.39 is 25.9 Å². The molecule has 1 aromatic heterocycles. The van der Waals surface area contributed by atoms with Gasteiger partial charge in [-0.25, -0.2) is 17.8 Å². The third kappa shape index (κ3) is 5.77. The number of hydrogen-bond acceptors (Lipinski definition) is 7. The van der Waals surface area contributed by atoms with Crippen LogP contribution in [0, 0.1) is 16.9 Å². The smallest absolute Gasteiger partial charge is 0.266 e. The number of piperidine rings is 1. The summed E-state index contributed by atoms with van der Waals surface area (Å²) in [5.74, 6) is -0.118. The maximum atomic E-state index is 14.6. The number of thiazole rings is 1. The van der Waals surface area contributed by atoms with Gasteiger partial charge in [0.05, 0.1) is 11.9 Å². The number of fused-ring (bicyclic) bond motifs is 1. The summed E-state index contributed by atoms with van der Waals surface area (Å²) in [5, 5.41) is 5.99. The van der Waals surface area contributed by atoms with E-state index in [4.69, 9.17) is 0 Å². The quantitative estimate of drug-likeness (QED) is 0.412. The molecule has 0 unspecified atom stereocenters. The predicted molar refractivity (Wildman–Crippen MR) is 126 cm³/mol. The van der Waals surface area contributed by atoms with Gasteiger partial charge in [-0.2, -0.15) is 4.39 Å². The fraction of sp³-hybridized carbons (Fsp3) is 0.550. The number of hydrogen-bond donors (Lipinski definition) is 3. The van der Waals surface area contributed by atoms with Gasteiger partial charge in [-0.3, -0.25) is 4.72 Å². The van der Waals surface area contributed by atoms with E-state index in [1.807, 2.05) is 0 Å². The molecule has 0 radical (unpaired) electrons. The van der Waals surface area contributed by atoms with Crippen molar-refractivity contribution in [3.05, 3.63) is 33.8 Å². The Morgan fingerprint density at radius 3 is 2.88 bits per heavy atom. The fourth-order valence-corrected chi connectivity index (χ4v) is 6.85. The first-order valence-corrected chi connectivity index (χ1v) is 13.7. The van der Waals surface area contributed by atoms with Crippen LogP contribution in [0.4, 0.5) is 19.6 Å². The maximum Gasteiger partial charge on any atom is 0.266 e. The first kappa shape index (κ1) is 23.8. The zero-order valence-electron chi connectivity index (χ0n) is 17.4. The van der Waals surface area contributed by atoms with Crippen LogP contribution in [0.5, 0.6) is 0 Å². The van der Waals surface area contributed by atoms with Gasteiger partial charge in [0.15, 0.2) is 10.3 Å². The molecule has 12 heteroatoms. The van der Waals surface area contributed by atoms with E-state index >= 15 is 0 Å². The molecule has 0 spiro atoms. The van der Waals surface area contributed by atoms with Crippen LogP contribution in [-0.2, 0) is 10.0 Å². The van der Waals surface area contributed by atoms with Crippen molar-refractivity contribution in [1.29, 1.82) is 0 Å². The van der Waals surface area contributed by atoms with Gasteiger partial charge < -0.3 is 15.5 Å². The molecular formula is C20H26BrF2N5O2S2. The average Bonchev–Trinajstić information content (AvgIpc) is 3.34. The summed E-state index contributed by atoms with van der Waals surface area (Å²) in [6, 6.07) is 2.99. The Hall–Kier alpha value is -1.34. The zero-order valence-corrected chi connectivity index (χ0v) is 20.6. The number of aromatic nitrogens is 1. The van der Waals surface area contributed by atoms with Gasteiger partial charge >= 0.3 is 0 Å². The monoisotopic (exact) mass is 549 g/mol. The van der Waals surface area contributed by atoms with Crippen molar-refractivity contribution < 1.29 is 17.2 Å². The first-order chi connectivity index (χ1) is 15.3. The van der Waals surface area contributed by atoms with Crippen molar-refractivity contribution in [2.75, 3.05) is 42.8 Å². The number of unbranched alkanes of at least 4 members (excludes halogenated alkanes) is 1. The third-order valence-electron chi connectivity index (χ3n) is 5.90. The molecule has 32 heavy (non-hydrogen) atoms. The van der Waals surface area contributed by atoms with Crippen LogP contribution in [0.3, 0.4) is 0 Å². The van der Waals surface area contributed by atoms with Gasteiger partial charge in [0, 0.05) is 30.1 Å². The molecule has 4 rings (SSSR count). The topological polar surface area (TPSA) is 86.4 Å². The van der Waals surface area contributed by atoms with Crippen LogP contribution in [0.25, 0.3) is 0 Å². The van der Waals surface area contributed by atoms with E-state index in [0.29, 0.717) is 34.1 Å². The molecule has 0 aliphatic carbocycles. The van der Waals surface area contributed by atoms with Crippen LogP contribution in [0.1, 0.15) is 25.7 Å². The summed E-state index contributed by atoms with van der Waals surface area (Å²) in [6.45, 7) is 5.11. The van der Waals surface area contributed by atoms with Crippen molar-refractivity contribution in [1.82, 2.24) is 15.2 Å². The Bertz CT molecular complexity index is 1040. The number of nitrogens with one attached hydrogen (secondary N) is 3. The fourth-order valence-electron chi connectivity index (χ4n) is 4.34.